The Balaban J connectivity index is 1.60. The summed E-state index contributed by atoms with van der Waals surface area (Å²) in [5.74, 6) is -0.932. The standard InChI is InChI=1S/C23H14F4N2OS/c24-18-7-3-1-5-16(18)22-29-20(13-31-22)17-6-2-4-8-19(17)28-21(30)14-9-11-15(12-10-14)23(25,26)27/h1-13H,(H,28,30). The maximum Gasteiger partial charge on any atom is 0.416 e. The molecule has 0 aliphatic rings. The molecule has 0 bridgehead atoms. The second kappa shape index (κ2) is 8.31. The maximum atomic E-state index is 14.1. The number of aromatic nitrogens is 1. The molecule has 0 spiro atoms. The summed E-state index contributed by atoms with van der Waals surface area (Å²) in [7, 11) is 0. The van der Waals surface area contributed by atoms with Gasteiger partial charge in [-0.2, -0.15) is 13.2 Å². The second-order valence-corrected chi connectivity index (χ2v) is 7.45. The number of nitrogens with one attached hydrogen (secondary N) is 1. The van der Waals surface area contributed by atoms with Gasteiger partial charge in [0.05, 0.1) is 16.9 Å². The summed E-state index contributed by atoms with van der Waals surface area (Å²) >= 11 is 1.27. The number of para-hydroxylation sites is 1. The predicted octanol–water partition coefficient (Wildman–Crippen LogP) is 6.89. The molecule has 8 heteroatoms. The number of hydrogen-bond donors (Lipinski definition) is 1. The lowest BCUT2D eigenvalue weighted by Crippen LogP contribution is -2.13. The van der Waals surface area contributed by atoms with E-state index < -0.39 is 17.6 Å². The zero-order valence-electron chi connectivity index (χ0n) is 15.8. The van der Waals surface area contributed by atoms with Gasteiger partial charge in [0.15, 0.2) is 0 Å². The third kappa shape index (κ3) is 4.49. The molecular weight excluding hydrogens is 428 g/mol. The molecule has 0 fully saturated rings. The van der Waals surface area contributed by atoms with Crippen molar-refractivity contribution in [1.29, 1.82) is 0 Å². The van der Waals surface area contributed by atoms with Gasteiger partial charge in [-0.3, -0.25) is 4.79 Å². The van der Waals surface area contributed by atoms with Gasteiger partial charge < -0.3 is 5.32 Å². The molecule has 4 aromatic rings. The van der Waals surface area contributed by atoms with E-state index in [1.165, 1.54) is 17.4 Å². The largest absolute Gasteiger partial charge is 0.416 e. The number of carbonyl (C=O) groups excluding carboxylic acids is 1. The van der Waals surface area contributed by atoms with Gasteiger partial charge in [-0.25, -0.2) is 9.37 Å². The molecule has 0 saturated heterocycles. The van der Waals surface area contributed by atoms with Gasteiger partial charge in [0.1, 0.15) is 10.8 Å². The van der Waals surface area contributed by atoms with Crippen molar-refractivity contribution in [2.45, 2.75) is 6.18 Å². The van der Waals surface area contributed by atoms with E-state index in [4.69, 9.17) is 0 Å². The minimum atomic E-state index is -4.47. The van der Waals surface area contributed by atoms with Crippen LogP contribution in [0.15, 0.2) is 78.2 Å². The number of hydrogen-bond acceptors (Lipinski definition) is 3. The predicted molar refractivity (Wildman–Crippen MR) is 112 cm³/mol. The topological polar surface area (TPSA) is 42.0 Å². The van der Waals surface area contributed by atoms with Crippen LogP contribution in [0.5, 0.6) is 0 Å². The number of carbonyl (C=O) groups is 1. The quantitative estimate of drug-likeness (QED) is 0.350. The number of nitrogens with zero attached hydrogens (tertiary/aromatic N) is 1. The average Bonchev–Trinajstić information content (AvgIpc) is 3.24. The van der Waals surface area contributed by atoms with Crippen LogP contribution >= 0.6 is 11.3 Å². The van der Waals surface area contributed by atoms with Crippen LogP contribution in [-0.2, 0) is 6.18 Å². The van der Waals surface area contributed by atoms with E-state index in [0.717, 1.165) is 24.3 Å². The molecule has 0 aliphatic carbocycles. The van der Waals surface area contributed by atoms with Crippen LogP contribution in [0.4, 0.5) is 23.2 Å². The van der Waals surface area contributed by atoms with Gasteiger partial charge in [0.2, 0.25) is 0 Å². The van der Waals surface area contributed by atoms with Gasteiger partial charge >= 0.3 is 6.18 Å². The summed E-state index contributed by atoms with van der Waals surface area (Å²) in [4.78, 5) is 17.1. The van der Waals surface area contributed by atoms with E-state index in [0.29, 0.717) is 27.5 Å². The van der Waals surface area contributed by atoms with Crippen molar-refractivity contribution in [3.8, 4) is 21.8 Å². The molecule has 156 valence electrons. The Labute approximate surface area is 179 Å². The van der Waals surface area contributed by atoms with Crippen LogP contribution in [0, 0.1) is 5.82 Å². The van der Waals surface area contributed by atoms with Crippen LogP contribution in [0.2, 0.25) is 0 Å². The molecule has 3 nitrogen and oxygen atoms in total. The summed E-state index contributed by atoms with van der Waals surface area (Å²) in [6.07, 6.45) is -4.47. The monoisotopic (exact) mass is 442 g/mol. The molecule has 1 amide bonds. The molecule has 4 rings (SSSR count). The smallest absolute Gasteiger partial charge is 0.321 e. The number of anilines is 1. The lowest BCUT2D eigenvalue weighted by molar-refractivity contribution is -0.137. The van der Waals surface area contributed by atoms with Gasteiger partial charge in [0.25, 0.3) is 5.91 Å². The Kier molecular flexibility index (Phi) is 5.56. The van der Waals surface area contributed by atoms with Gasteiger partial charge in [-0.05, 0) is 42.5 Å². The first-order valence-corrected chi connectivity index (χ1v) is 9.99. The highest BCUT2D eigenvalue weighted by Gasteiger charge is 2.30. The molecule has 0 radical (unpaired) electrons. The number of benzene rings is 3. The van der Waals surface area contributed by atoms with Crippen LogP contribution in [-0.4, -0.2) is 10.9 Å². The van der Waals surface area contributed by atoms with Gasteiger partial charge in [-0.1, -0.05) is 30.3 Å². The molecule has 0 atom stereocenters. The average molecular weight is 442 g/mol. The first-order chi connectivity index (χ1) is 14.8. The highest BCUT2D eigenvalue weighted by molar-refractivity contribution is 7.13. The summed E-state index contributed by atoms with van der Waals surface area (Å²) in [5.41, 5.74) is 1.25. The first kappa shape index (κ1) is 20.7. The van der Waals surface area contributed by atoms with Crippen molar-refractivity contribution in [3.63, 3.8) is 0 Å². The Morgan fingerprint density at radius 1 is 0.871 bits per heavy atom. The third-order valence-electron chi connectivity index (χ3n) is 4.53. The normalized spacial score (nSPS) is 11.4. The Bertz CT molecular complexity index is 1230. The van der Waals surface area contributed by atoms with Crippen molar-refractivity contribution in [2.24, 2.45) is 0 Å². The molecule has 31 heavy (non-hydrogen) atoms. The lowest BCUT2D eigenvalue weighted by atomic mass is 10.1. The van der Waals surface area contributed by atoms with Crippen LogP contribution < -0.4 is 5.32 Å². The van der Waals surface area contributed by atoms with Crippen molar-refractivity contribution < 1.29 is 22.4 Å². The van der Waals surface area contributed by atoms with Gasteiger partial charge in [0, 0.05) is 22.1 Å². The SMILES string of the molecule is O=C(Nc1ccccc1-c1csc(-c2ccccc2F)n1)c1ccc(C(F)(F)F)cc1. The van der Waals surface area contributed by atoms with E-state index in [1.807, 2.05) is 0 Å². The van der Waals surface area contributed by atoms with Crippen LogP contribution in [0.1, 0.15) is 15.9 Å². The summed E-state index contributed by atoms with van der Waals surface area (Å²) in [5, 5.41) is 4.97. The van der Waals surface area contributed by atoms with Crippen molar-refractivity contribution >= 4 is 22.9 Å². The fourth-order valence-corrected chi connectivity index (χ4v) is 3.82. The number of rotatable bonds is 4. The number of amides is 1. The minimum Gasteiger partial charge on any atom is -0.321 e. The van der Waals surface area contributed by atoms with Gasteiger partial charge in [-0.15, -0.1) is 11.3 Å². The Morgan fingerprint density at radius 2 is 1.52 bits per heavy atom. The zero-order valence-corrected chi connectivity index (χ0v) is 16.6. The second-order valence-electron chi connectivity index (χ2n) is 6.59. The minimum absolute atomic E-state index is 0.0909. The Morgan fingerprint density at radius 3 is 2.19 bits per heavy atom. The molecule has 0 aliphatic heterocycles. The molecule has 1 N–H and O–H groups in total. The molecule has 1 heterocycles. The molecule has 0 saturated carbocycles. The van der Waals surface area contributed by atoms with E-state index in [-0.39, 0.29) is 11.4 Å². The molecule has 1 aromatic heterocycles. The fraction of sp³-hybridized carbons (Fsp3) is 0.0435. The fourth-order valence-electron chi connectivity index (χ4n) is 2.98. The lowest BCUT2D eigenvalue weighted by Gasteiger charge is -2.11. The van der Waals surface area contributed by atoms with Crippen molar-refractivity contribution in [2.75, 3.05) is 5.32 Å². The third-order valence-corrected chi connectivity index (χ3v) is 5.41. The summed E-state index contributed by atoms with van der Waals surface area (Å²) in [6, 6.07) is 17.2. The number of alkyl halides is 3. The highest BCUT2D eigenvalue weighted by Crippen LogP contribution is 2.34. The molecule has 3 aromatic carbocycles. The Hall–Kier alpha value is -3.52. The van der Waals surface area contributed by atoms with E-state index in [2.05, 4.69) is 10.3 Å². The van der Waals surface area contributed by atoms with Crippen molar-refractivity contribution in [3.05, 3.63) is 95.1 Å². The van der Waals surface area contributed by atoms with E-state index in [9.17, 15) is 22.4 Å². The van der Waals surface area contributed by atoms with Crippen LogP contribution in [0.3, 0.4) is 0 Å². The number of halogens is 4. The highest BCUT2D eigenvalue weighted by atomic mass is 32.1. The maximum absolute atomic E-state index is 14.1. The van der Waals surface area contributed by atoms with E-state index in [1.54, 1.807) is 47.8 Å². The molecule has 0 unspecified atom stereocenters. The van der Waals surface area contributed by atoms with E-state index >= 15 is 0 Å². The van der Waals surface area contributed by atoms with Crippen molar-refractivity contribution in [1.82, 2.24) is 4.98 Å². The molecular formula is C23H14F4N2OS. The summed E-state index contributed by atoms with van der Waals surface area (Å²) < 4.78 is 52.3. The zero-order chi connectivity index (χ0) is 22.0. The number of thiazole rings is 1. The van der Waals surface area contributed by atoms with Crippen LogP contribution in [0.25, 0.3) is 21.8 Å². The summed E-state index contributed by atoms with van der Waals surface area (Å²) in [6.45, 7) is 0. The first-order valence-electron chi connectivity index (χ1n) is 9.11.